The lowest BCUT2D eigenvalue weighted by Crippen LogP contribution is -2.11. The van der Waals surface area contributed by atoms with E-state index in [0.29, 0.717) is 5.78 Å². The molecule has 1 heteroatoms. The van der Waals surface area contributed by atoms with Crippen LogP contribution in [-0.2, 0) is 0 Å². The first-order chi connectivity index (χ1) is 7.69. The number of fused-ring (bicyclic) bond motifs is 1. The van der Waals surface area contributed by atoms with Gasteiger partial charge < -0.3 is 0 Å². The molecule has 2 aromatic rings. The Kier molecular flexibility index (Phi) is 1.90. The number of ketones is 1. The summed E-state index contributed by atoms with van der Waals surface area (Å²) < 4.78 is 0. The minimum atomic E-state index is -0.0670. The van der Waals surface area contributed by atoms with E-state index in [1.54, 1.807) is 0 Å². The van der Waals surface area contributed by atoms with E-state index < -0.39 is 0 Å². The van der Waals surface area contributed by atoms with E-state index in [4.69, 9.17) is 0 Å². The quantitative estimate of drug-likeness (QED) is 0.688. The number of carbonyl (C=O) groups excluding carboxylic acids is 1. The van der Waals surface area contributed by atoms with Gasteiger partial charge in [0.25, 0.3) is 0 Å². The molecule has 1 nitrogen and oxygen atoms in total. The van der Waals surface area contributed by atoms with Crippen molar-refractivity contribution in [2.24, 2.45) is 5.41 Å². The van der Waals surface area contributed by atoms with Gasteiger partial charge in [0.05, 0.1) is 0 Å². The van der Waals surface area contributed by atoms with Crippen LogP contribution in [0.1, 0.15) is 30.1 Å². The molecule has 0 aromatic heterocycles. The number of carbonyl (C=O) groups is 1. The maximum atomic E-state index is 12.2. The SMILES string of the molecule is CC1(C(=O)c2ccc3ccccc3c2)CC1. The number of hydrogen-bond donors (Lipinski definition) is 0. The molecule has 1 aliphatic rings. The average molecular weight is 210 g/mol. The molecule has 0 bridgehead atoms. The molecule has 1 fully saturated rings. The summed E-state index contributed by atoms with van der Waals surface area (Å²) in [7, 11) is 0. The van der Waals surface area contributed by atoms with Gasteiger partial charge in [-0.2, -0.15) is 0 Å². The zero-order valence-corrected chi connectivity index (χ0v) is 9.36. The first-order valence-electron chi connectivity index (χ1n) is 5.73. The minimum Gasteiger partial charge on any atom is -0.294 e. The van der Waals surface area contributed by atoms with Crippen LogP contribution in [0.3, 0.4) is 0 Å². The van der Waals surface area contributed by atoms with Gasteiger partial charge in [-0.25, -0.2) is 0 Å². The van der Waals surface area contributed by atoms with Crippen LogP contribution in [0.15, 0.2) is 42.5 Å². The molecule has 80 valence electrons. The molecule has 0 aliphatic heterocycles. The second kappa shape index (κ2) is 3.18. The fourth-order valence-electron chi connectivity index (χ4n) is 2.09. The van der Waals surface area contributed by atoms with Gasteiger partial charge in [-0.1, -0.05) is 43.3 Å². The Labute approximate surface area is 95.1 Å². The fourth-order valence-corrected chi connectivity index (χ4v) is 2.09. The van der Waals surface area contributed by atoms with Gasteiger partial charge in [-0.15, -0.1) is 0 Å². The van der Waals surface area contributed by atoms with Gasteiger partial charge in [0.2, 0.25) is 0 Å². The third-order valence-corrected chi connectivity index (χ3v) is 3.56. The van der Waals surface area contributed by atoms with E-state index >= 15 is 0 Å². The minimum absolute atomic E-state index is 0.0670. The van der Waals surface area contributed by atoms with Crippen molar-refractivity contribution in [1.82, 2.24) is 0 Å². The summed E-state index contributed by atoms with van der Waals surface area (Å²) >= 11 is 0. The summed E-state index contributed by atoms with van der Waals surface area (Å²) in [6, 6.07) is 14.2. The van der Waals surface area contributed by atoms with Crippen LogP contribution in [0.25, 0.3) is 10.8 Å². The maximum absolute atomic E-state index is 12.2. The third-order valence-electron chi connectivity index (χ3n) is 3.56. The Bertz CT molecular complexity index is 564. The number of Topliss-reactive ketones (excluding diaryl/α,β-unsaturated/α-hetero) is 1. The Hall–Kier alpha value is -1.63. The zero-order valence-electron chi connectivity index (χ0n) is 9.36. The fraction of sp³-hybridized carbons (Fsp3) is 0.267. The molecule has 1 saturated carbocycles. The number of hydrogen-bond acceptors (Lipinski definition) is 1. The van der Waals surface area contributed by atoms with Crippen molar-refractivity contribution >= 4 is 16.6 Å². The Morgan fingerprint density at radius 3 is 2.44 bits per heavy atom. The zero-order chi connectivity index (χ0) is 11.2. The van der Waals surface area contributed by atoms with Gasteiger partial charge in [0, 0.05) is 11.0 Å². The topological polar surface area (TPSA) is 17.1 Å². The Morgan fingerprint density at radius 1 is 1.06 bits per heavy atom. The van der Waals surface area contributed by atoms with E-state index in [1.165, 1.54) is 5.39 Å². The molecule has 0 radical (unpaired) electrons. The largest absolute Gasteiger partial charge is 0.294 e. The second-order valence-electron chi connectivity index (χ2n) is 4.95. The lowest BCUT2D eigenvalue weighted by Gasteiger charge is -2.07. The average Bonchev–Trinajstić information content (AvgIpc) is 3.07. The predicted molar refractivity (Wildman–Crippen MR) is 65.6 cm³/mol. The van der Waals surface area contributed by atoms with Gasteiger partial charge >= 0.3 is 0 Å². The summed E-state index contributed by atoms with van der Waals surface area (Å²) in [5.74, 6) is 0.304. The van der Waals surface area contributed by atoms with Crippen molar-refractivity contribution in [1.29, 1.82) is 0 Å². The molecule has 0 N–H and O–H groups in total. The van der Waals surface area contributed by atoms with Crippen LogP contribution in [0.5, 0.6) is 0 Å². The van der Waals surface area contributed by atoms with Crippen molar-refractivity contribution in [3.63, 3.8) is 0 Å². The lowest BCUT2D eigenvalue weighted by atomic mass is 9.95. The van der Waals surface area contributed by atoms with Crippen LogP contribution in [0.4, 0.5) is 0 Å². The van der Waals surface area contributed by atoms with Crippen LogP contribution < -0.4 is 0 Å². The Morgan fingerprint density at radius 2 is 1.75 bits per heavy atom. The predicted octanol–water partition coefficient (Wildman–Crippen LogP) is 3.82. The smallest absolute Gasteiger partial charge is 0.168 e. The van der Waals surface area contributed by atoms with Crippen LogP contribution in [-0.4, -0.2) is 5.78 Å². The van der Waals surface area contributed by atoms with E-state index in [9.17, 15) is 4.79 Å². The summed E-state index contributed by atoms with van der Waals surface area (Å²) in [4.78, 5) is 12.2. The van der Waals surface area contributed by atoms with Crippen LogP contribution >= 0.6 is 0 Å². The summed E-state index contributed by atoms with van der Waals surface area (Å²) in [6.45, 7) is 2.06. The normalized spacial score (nSPS) is 17.3. The highest BCUT2D eigenvalue weighted by Crippen LogP contribution is 2.47. The molecule has 3 rings (SSSR count). The number of benzene rings is 2. The van der Waals surface area contributed by atoms with Crippen molar-refractivity contribution in [3.05, 3.63) is 48.0 Å². The molecule has 0 spiro atoms. The van der Waals surface area contributed by atoms with Crippen molar-refractivity contribution in [3.8, 4) is 0 Å². The molecule has 1 aliphatic carbocycles. The highest BCUT2D eigenvalue weighted by molar-refractivity contribution is 6.04. The molecule has 0 unspecified atom stereocenters. The highest BCUT2D eigenvalue weighted by atomic mass is 16.1. The number of rotatable bonds is 2. The van der Waals surface area contributed by atoms with E-state index in [2.05, 4.69) is 19.1 Å². The standard InChI is InChI=1S/C15H14O/c1-15(8-9-15)14(16)13-7-6-11-4-2-3-5-12(11)10-13/h2-7,10H,8-9H2,1H3. The summed E-state index contributed by atoms with van der Waals surface area (Å²) in [6.07, 6.45) is 2.08. The van der Waals surface area contributed by atoms with Crippen molar-refractivity contribution < 1.29 is 4.79 Å². The summed E-state index contributed by atoms with van der Waals surface area (Å²) in [5.41, 5.74) is 0.793. The van der Waals surface area contributed by atoms with Crippen LogP contribution in [0, 0.1) is 5.41 Å². The second-order valence-corrected chi connectivity index (χ2v) is 4.95. The molecule has 0 atom stereocenters. The lowest BCUT2D eigenvalue weighted by molar-refractivity contribution is 0.0912. The summed E-state index contributed by atoms with van der Waals surface area (Å²) in [5, 5.41) is 2.35. The van der Waals surface area contributed by atoms with E-state index in [-0.39, 0.29) is 5.41 Å². The Balaban J connectivity index is 2.08. The third kappa shape index (κ3) is 1.44. The van der Waals surface area contributed by atoms with Gasteiger partial charge in [0.15, 0.2) is 5.78 Å². The van der Waals surface area contributed by atoms with Gasteiger partial charge in [-0.3, -0.25) is 4.79 Å². The van der Waals surface area contributed by atoms with E-state index in [0.717, 1.165) is 23.8 Å². The monoisotopic (exact) mass is 210 g/mol. The molecule has 2 aromatic carbocycles. The molecule has 0 saturated heterocycles. The first kappa shape index (κ1) is 9.59. The van der Waals surface area contributed by atoms with Crippen LogP contribution in [0.2, 0.25) is 0 Å². The van der Waals surface area contributed by atoms with Gasteiger partial charge in [-0.05, 0) is 29.7 Å². The maximum Gasteiger partial charge on any atom is 0.168 e. The molecular weight excluding hydrogens is 196 g/mol. The van der Waals surface area contributed by atoms with Gasteiger partial charge in [0.1, 0.15) is 0 Å². The van der Waals surface area contributed by atoms with Crippen molar-refractivity contribution in [2.75, 3.05) is 0 Å². The van der Waals surface area contributed by atoms with Crippen molar-refractivity contribution in [2.45, 2.75) is 19.8 Å². The van der Waals surface area contributed by atoms with E-state index in [1.807, 2.05) is 30.3 Å². The molecule has 16 heavy (non-hydrogen) atoms. The molecule has 0 amide bonds. The highest BCUT2D eigenvalue weighted by Gasteiger charge is 2.44. The molecule has 0 heterocycles. The first-order valence-corrected chi connectivity index (χ1v) is 5.73. The molecular formula is C15H14O.